The number of urea groups is 1. The Morgan fingerprint density at radius 1 is 0.960 bits per heavy atom. The summed E-state index contributed by atoms with van der Waals surface area (Å²) in [6.07, 6.45) is 0. The Morgan fingerprint density at radius 2 is 1.60 bits per heavy atom. The third kappa shape index (κ3) is 3.96. The van der Waals surface area contributed by atoms with Gasteiger partial charge in [-0.25, -0.2) is 13.6 Å². The fourth-order valence-corrected chi connectivity index (χ4v) is 3.34. The number of piperazine rings is 1. The molecule has 1 saturated heterocycles. The Bertz CT molecular complexity index is 775. The lowest BCUT2D eigenvalue weighted by Gasteiger charge is -2.36. The number of nitrogens with zero attached hydrogens (tertiary/aromatic N) is 2. The molecule has 25 heavy (non-hydrogen) atoms. The van der Waals surface area contributed by atoms with Gasteiger partial charge in [0, 0.05) is 37.9 Å². The SMILES string of the molecule is O=C(Nc1ccc(F)c(F)c1)N1CCN(c2c(Cl)cccc2Cl)CC1. The van der Waals surface area contributed by atoms with Crippen LogP contribution >= 0.6 is 23.2 Å². The van der Waals surface area contributed by atoms with Crippen LogP contribution in [-0.2, 0) is 0 Å². The van der Waals surface area contributed by atoms with Gasteiger partial charge in [0.1, 0.15) is 0 Å². The Balaban J connectivity index is 1.62. The minimum atomic E-state index is -1.00. The van der Waals surface area contributed by atoms with Crippen molar-refractivity contribution in [1.29, 1.82) is 0 Å². The normalized spacial score (nSPS) is 14.6. The van der Waals surface area contributed by atoms with Crippen molar-refractivity contribution in [3.05, 3.63) is 58.1 Å². The van der Waals surface area contributed by atoms with Crippen LogP contribution in [0.25, 0.3) is 0 Å². The molecule has 0 atom stereocenters. The Kier molecular flexibility index (Phi) is 5.30. The second kappa shape index (κ2) is 7.45. The Morgan fingerprint density at radius 3 is 2.20 bits per heavy atom. The highest BCUT2D eigenvalue weighted by Crippen LogP contribution is 2.34. The lowest BCUT2D eigenvalue weighted by atomic mass is 10.2. The molecule has 3 rings (SSSR count). The average molecular weight is 386 g/mol. The fourth-order valence-electron chi connectivity index (χ4n) is 2.70. The van der Waals surface area contributed by atoms with Crippen molar-refractivity contribution in [3.63, 3.8) is 0 Å². The highest BCUT2D eigenvalue weighted by atomic mass is 35.5. The van der Waals surface area contributed by atoms with E-state index in [4.69, 9.17) is 23.2 Å². The lowest BCUT2D eigenvalue weighted by Crippen LogP contribution is -2.50. The summed E-state index contributed by atoms with van der Waals surface area (Å²) in [5.74, 6) is -1.96. The summed E-state index contributed by atoms with van der Waals surface area (Å²) in [6, 6.07) is 8.19. The Hall–Kier alpha value is -2.05. The molecule has 0 spiro atoms. The van der Waals surface area contributed by atoms with Crippen molar-refractivity contribution in [2.75, 3.05) is 36.4 Å². The van der Waals surface area contributed by atoms with Crippen LogP contribution in [0.2, 0.25) is 10.0 Å². The third-order valence-corrected chi connectivity index (χ3v) is 4.60. The van der Waals surface area contributed by atoms with Crippen LogP contribution in [0.4, 0.5) is 25.0 Å². The minimum absolute atomic E-state index is 0.209. The van der Waals surface area contributed by atoms with Crippen molar-refractivity contribution in [1.82, 2.24) is 4.90 Å². The quantitative estimate of drug-likeness (QED) is 0.817. The van der Waals surface area contributed by atoms with Gasteiger partial charge in [-0.2, -0.15) is 0 Å². The smallest absolute Gasteiger partial charge is 0.321 e. The summed E-state index contributed by atoms with van der Waals surface area (Å²) in [6.45, 7) is 2.04. The first-order valence-electron chi connectivity index (χ1n) is 7.65. The molecule has 0 unspecified atom stereocenters. The molecule has 8 heteroatoms. The monoisotopic (exact) mass is 385 g/mol. The van der Waals surface area contributed by atoms with E-state index in [2.05, 4.69) is 5.32 Å². The molecule has 0 radical (unpaired) electrons. The van der Waals surface area contributed by atoms with E-state index in [0.717, 1.165) is 17.8 Å². The molecule has 2 aromatic rings. The van der Waals surface area contributed by atoms with Gasteiger partial charge in [-0.05, 0) is 24.3 Å². The third-order valence-electron chi connectivity index (χ3n) is 3.99. The summed E-state index contributed by atoms with van der Waals surface area (Å²) in [5.41, 5.74) is 0.965. The fraction of sp³-hybridized carbons (Fsp3) is 0.235. The van der Waals surface area contributed by atoms with Crippen molar-refractivity contribution >= 4 is 40.6 Å². The highest BCUT2D eigenvalue weighted by Gasteiger charge is 2.24. The van der Waals surface area contributed by atoms with Crippen LogP contribution in [0.5, 0.6) is 0 Å². The minimum Gasteiger partial charge on any atom is -0.366 e. The van der Waals surface area contributed by atoms with Gasteiger partial charge in [0.05, 0.1) is 15.7 Å². The van der Waals surface area contributed by atoms with Crippen LogP contribution in [0.3, 0.4) is 0 Å². The maximum absolute atomic E-state index is 13.2. The van der Waals surface area contributed by atoms with Crippen molar-refractivity contribution in [2.24, 2.45) is 0 Å². The lowest BCUT2D eigenvalue weighted by molar-refractivity contribution is 0.208. The molecule has 1 aliphatic heterocycles. The van der Waals surface area contributed by atoms with Gasteiger partial charge >= 0.3 is 6.03 Å². The molecule has 0 bridgehead atoms. The molecule has 132 valence electrons. The van der Waals surface area contributed by atoms with Gasteiger partial charge in [0.15, 0.2) is 11.6 Å². The molecule has 0 aliphatic carbocycles. The zero-order valence-electron chi connectivity index (χ0n) is 13.1. The summed E-state index contributed by atoms with van der Waals surface area (Å²) < 4.78 is 26.1. The van der Waals surface area contributed by atoms with Gasteiger partial charge in [-0.3, -0.25) is 0 Å². The highest BCUT2D eigenvalue weighted by molar-refractivity contribution is 6.39. The summed E-state index contributed by atoms with van der Waals surface area (Å²) >= 11 is 12.4. The topological polar surface area (TPSA) is 35.6 Å². The van der Waals surface area contributed by atoms with Gasteiger partial charge in [0.2, 0.25) is 0 Å². The number of carbonyl (C=O) groups is 1. The molecule has 1 aliphatic rings. The van der Waals surface area contributed by atoms with Crippen LogP contribution in [0.15, 0.2) is 36.4 Å². The van der Waals surface area contributed by atoms with E-state index in [-0.39, 0.29) is 11.7 Å². The van der Waals surface area contributed by atoms with Gasteiger partial charge in [0.25, 0.3) is 0 Å². The summed E-state index contributed by atoms with van der Waals surface area (Å²) in [4.78, 5) is 15.9. The van der Waals surface area contributed by atoms with Crippen molar-refractivity contribution in [2.45, 2.75) is 0 Å². The first-order valence-corrected chi connectivity index (χ1v) is 8.41. The van der Waals surface area contributed by atoms with Crippen LogP contribution < -0.4 is 10.2 Å². The number of anilines is 2. The molecule has 0 aromatic heterocycles. The molecule has 2 aromatic carbocycles. The number of hydrogen-bond donors (Lipinski definition) is 1. The molecular weight excluding hydrogens is 371 g/mol. The van der Waals surface area contributed by atoms with Gasteiger partial charge < -0.3 is 15.1 Å². The van der Waals surface area contributed by atoms with Gasteiger partial charge in [-0.1, -0.05) is 29.3 Å². The largest absolute Gasteiger partial charge is 0.366 e. The van der Waals surface area contributed by atoms with E-state index < -0.39 is 11.6 Å². The molecule has 1 N–H and O–H groups in total. The predicted octanol–water partition coefficient (Wildman–Crippen LogP) is 4.63. The predicted molar refractivity (Wildman–Crippen MR) is 95.6 cm³/mol. The number of carbonyl (C=O) groups excluding carboxylic acids is 1. The standard InChI is InChI=1S/C17H15Cl2F2N3O/c18-12-2-1-3-13(19)16(12)23-6-8-24(9-7-23)17(25)22-11-4-5-14(20)15(21)10-11/h1-5,10H,6-9H2,(H,22,25). The second-order valence-corrected chi connectivity index (χ2v) is 6.42. The number of halogens is 4. The maximum atomic E-state index is 13.2. The number of benzene rings is 2. The van der Waals surface area contributed by atoms with Crippen LogP contribution in [0, 0.1) is 11.6 Å². The molecular formula is C17H15Cl2F2N3O. The van der Waals surface area contributed by atoms with E-state index in [1.54, 1.807) is 23.1 Å². The van der Waals surface area contributed by atoms with E-state index >= 15 is 0 Å². The maximum Gasteiger partial charge on any atom is 0.321 e. The molecule has 1 fully saturated rings. The number of nitrogens with one attached hydrogen (secondary N) is 1. The molecule has 1 heterocycles. The number of hydrogen-bond acceptors (Lipinski definition) is 2. The summed E-state index contributed by atoms with van der Waals surface area (Å²) in [7, 11) is 0. The molecule has 0 saturated carbocycles. The molecule has 2 amide bonds. The first-order chi connectivity index (χ1) is 12.0. The van der Waals surface area contributed by atoms with Crippen LogP contribution in [-0.4, -0.2) is 37.1 Å². The van der Waals surface area contributed by atoms with Crippen molar-refractivity contribution < 1.29 is 13.6 Å². The number of amides is 2. The summed E-state index contributed by atoms with van der Waals surface area (Å²) in [5, 5.41) is 3.69. The first kappa shape index (κ1) is 17.8. The van der Waals surface area contributed by atoms with Crippen molar-refractivity contribution in [3.8, 4) is 0 Å². The Labute approximate surface area is 153 Å². The zero-order valence-corrected chi connectivity index (χ0v) is 14.6. The number of rotatable bonds is 2. The van der Waals surface area contributed by atoms with E-state index in [0.29, 0.717) is 36.2 Å². The molecule has 4 nitrogen and oxygen atoms in total. The zero-order chi connectivity index (χ0) is 18.0. The second-order valence-electron chi connectivity index (χ2n) is 5.60. The van der Waals surface area contributed by atoms with Gasteiger partial charge in [-0.15, -0.1) is 0 Å². The van der Waals surface area contributed by atoms with Crippen LogP contribution in [0.1, 0.15) is 0 Å². The van der Waals surface area contributed by atoms with E-state index in [1.807, 2.05) is 4.90 Å². The van der Waals surface area contributed by atoms with E-state index in [1.165, 1.54) is 6.07 Å². The van der Waals surface area contributed by atoms with E-state index in [9.17, 15) is 13.6 Å². The average Bonchev–Trinajstić information content (AvgIpc) is 2.58. The number of para-hydroxylation sites is 1.